The summed E-state index contributed by atoms with van der Waals surface area (Å²) in [6.07, 6.45) is 2.90. The maximum Gasteiger partial charge on any atom is 0.138 e. The van der Waals surface area contributed by atoms with Gasteiger partial charge in [0.1, 0.15) is 35.4 Å². The van der Waals surface area contributed by atoms with E-state index in [1.165, 1.54) is 12.2 Å². The van der Waals surface area contributed by atoms with Gasteiger partial charge in [0.2, 0.25) is 0 Å². The molecule has 0 heterocycles. The lowest BCUT2D eigenvalue weighted by Crippen LogP contribution is -1.92. The first kappa shape index (κ1) is 14.5. The predicted molar refractivity (Wildman–Crippen MR) is 73.1 cm³/mol. The number of hydrogen-bond donors (Lipinski definition) is 0. The highest BCUT2D eigenvalue weighted by atomic mass is 14.4. The topological polar surface area (TPSA) is 95.2 Å². The van der Waals surface area contributed by atoms with Gasteiger partial charge in [-0.2, -0.15) is 21.0 Å². The maximum atomic E-state index is 9.02. The summed E-state index contributed by atoms with van der Waals surface area (Å²) in [7, 11) is 0. The second-order valence-electron chi connectivity index (χ2n) is 3.66. The van der Waals surface area contributed by atoms with Gasteiger partial charge in [-0.1, -0.05) is 31.9 Å². The van der Waals surface area contributed by atoms with Gasteiger partial charge in [-0.05, 0) is 16.7 Å². The van der Waals surface area contributed by atoms with Gasteiger partial charge in [-0.3, -0.25) is 0 Å². The van der Waals surface area contributed by atoms with Crippen molar-refractivity contribution in [1.29, 1.82) is 21.0 Å². The van der Waals surface area contributed by atoms with Crippen LogP contribution in [0.1, 0.15) is 0 Å². The van der Waals surface area contributed by atoms with Gasteiger partial charge in [0.25, 0.3) is 0 Å². The molecule has 0 aromatic heterocycles. The minimum Gasteiger partial charge on any atom is -0.192 e. The molecule has 0 aliphatic heterocycles. The van der Waals surface area contributed by atoms with E-state index in [2.05, 4.69) is 19.7 Å². The lowest BCUT2D eigenvalue weighted by Gasteiger charge is -2.03. The normalized spacial score (nSPS) is 12.9. The van der Waals surface area contributed by atoms with E-state index < -0.39 is 0 Å². The zero-order valence-electron chi connectivity index (χ0n) is 10.6. The van der Waals surface area contributed by atoms with Gasteiger partial charge >= 0.3 is 0 Å². The average Bonchev–Trinajstić information content (AvgIpc) is 2.75. The van der Waals surface area contributed by atoms with Crippen LogP contribution in [0, 0.1) is 45.3 Å². The molecule has 1 rings (SSSR count). The van der Waals surface area contributed by atoms with Crippen LogP contribution in [-0.4, -0.2) is 0 Å². The summed E-state index contributed by atoms with van der Waals surface area (Å²) in [6, 6.07) is 7.13. The molecule has 0 fully saturated rings. The average molecular weight is 256 g/mol. The summed E-state index contributed by atoms with van der Waals surface area (Å²) in [4.78, 5) is 0. The fourth-order valence-corrected chi connectivity index (χ4v) is 1.99. The zero-order valence-corrected chi connectivity index (χ0v) is 10.6. The van der Waals surface area contributed by atoms with Crippen molar-refractivity contribution in [2.75, 3.05) is 0 Å². The van der Waals surface area contributed by atoms with Crippen molar-refractivity contribution in [1.82, 2.24) is 0 Å². The van der Waals surface area contributed by atoms with Crippen molar-refractivity contribution in [3.05, 3.63) is 70.9 Å². The second-order valence-corrected chi connectivity index (χ2v) is 3.66. The number of hydrogen-bond acceptors (Lipinski definition) is 4. The van der Waals surface area contributed by atoms with Crippen LogP contribution < -0.4 is 0 Å². The first-order chi connectivity index (χ1) is 9.60. The lowest BCUT2D eigenvalue weighted by molar-refractivity contribution is 1.39. The Morgan fingerprint density at radius 1 is 0.750 bits per heavy atom. The molecule has 1 aliphatic rings. The highest BCUT2D eigenvalue weighted by Gasteiger charge is 2.30. The molecule has 20 heavy (non-hydrogen) atoms. The third kappa shape index (κ3) is 1.95. The Morgan fingerprint density at radius 2 is 1.05 bits per heavy atom. The van der Waals surface area contributed by atoms with Gasteiger partial charge in [0, 0.05) is 11.1 Å². The van der Waals surface area contributed by atoms with Crippen LogP contribution in [0.2, 0.25) is 0 Å². The standard InChI is InChI=1S/C16H8N4/c1-4-13-14(5-2)16(12(8-19)9-20)10(3)15(13)11(6-17)7-18/h4-5H,1-3H2. The van der Waals surface area contributed by atoms with E-state index in [0.717, 1.165) is 0 Å². The van der Waals surface area contributed by atoms with Crippen LogP contribution in [0.15, 0.2) is 70.9 Å². The van der Waals surface area contributed by atoms with Crippen molar-refractivity contribution < 1.29 is 0 Å². The second kappa shape index (κ2) is 5.83. The molecule has 0 saturated heterocycles. The molecule has 92 valence electrons. The molecule has 1 aliphatic carbocycles. The van der Waals surface area contributed by atoms with Crippen LogP contribution in [-0.2, 0) is 0 Å². The fourth-order valence-electron chi connectivity index (χ4n) is 1.99. The van der Waals surface area contributed by atoms with Crippen molar-refractivity contribution in [2.24, 2.45) is 0 Å². The maximum absolute atomic E-state index is 9.02. The summed E-state index contributed by atoms with van der Waals surface area (Å²) >= 11 is 0. The van der Waals surface area contributed by atoms with E-state index in [1.807, 2.05) is 0 Å². The fraction of sp³-hybridized carbons (Fsp3) is 0. The summed E-state index contributed by atoms with van der Waals surface area (Å²) < 4.78 is 0. The molecule has 0 spiro atoms. The number of allylic oxidation sites excluding steroid dienone is 9. The molecular formula is C16H8N4. The smallest absolute Gasteiger partial charge is 0.138 e. The van der Waals surface area contributed by atoms with E-state index in [0.29, 0.717) is 11.1 Å². The SMILES string of the molecule is C=CC1=C(C=C)C(=C(C#N)C#N)C(=C)C1=C(C#N)C#N. The van der Waals surface area contributed by atoms with Gasteiger partial charge in [-0.25, -0.2) is 0 Å². The third-order valence-corrected chi connectivity index (χ3v) is 2.79. The Bertz CT molecular complexity index is 689. The first-order valence-corrected chi connectivity index (χ1v) is 5.39. The summed E-state index contributed by atoms with van der Waals surface area (Å²) in [5.74, 6) is 0. The Balaban J connectivity index is 3.98. The predicted octanol–water partition coefficient (Wildman–Crippen LogP) is 2.91. The van der Waals surface area contributed by atoms with Gasteiger partial charge < -0.3 is 0 Å². The first-order valence-electron chi connectivity index (χ1n) is 5.39. The van der Waals surface area contributed by atoms with Crippen LogP contribution in [0.4, 0.5) is 0 Å². The molecule has 4 nitrogen and oxygen atoms in total. The van der Waals surface area contributed by atoms with E-state index in [-0.39, 0.29) is 27.9 Å². The summed E-state index contributed by atoms with van der Waals surface area (Å²) in [5, 5.41) is 36.1. The summed E-state index contributed by atoms with van der Waals surface area (Å²) in [5.41, 5.74) is 1.52. The van der Waals surface area contributed by atoms with E-state index in [4.69, 9.17) is 21.0 Å². The van der Waals surface area contributed by atoms with Crippen LogP contribution in [0.25, 0.3) is 0 Å². The Hall–Kier alpha value is -3.60. The van der Waals surface area contributed by atoms with Gasteiger partial charge in [0.05, 0.1) is 0 Å². The molecule has 0 unspecified atom stereocenters. The van der Waals surface area contributed by atoms with Gasteiger partial charge in [-0.15, -0.1) is 0 Å². The highest BCUT2D eigenvalue weighted by molar-refractivity contribution is 5.81. The van der Waals surface area contributed by atoms with E-state index in [9.17, 15) is 0 Å². The quantitative estimate of drug-likeness (QED) is 0.709. The van der Waals surface area contributed by atoms with Crippen LogP contribution in [0.3, 0.4) is 0 Å². The zero-order chi connectivity index (χ0) is 15.3. The molecule has 0 saturated carbocycles. The Morgan fingerprint density at radius 3 is 1.25 bits per heavy atom. The molecule has 0 atom stereocenters. The van der Waals surface area contributed by atoms with E-state index in [1.54, 1.807) is 24.3 Å². The molecule has 0 amide bonds. The number of nitriles is 4. The van der Waals surface area contributed by atoms with Crippen LogP contribution >= 0.6 is 0 Å². The van der Waals surface area contributed by atoms with Crippen molar-refractivity contribution in [3.63, 3.8) is 0 Å². The molecule has 4 heteroatoms. The molecule has 0 bridgehead atoms. The Kier molecular flexibility index (Phi) is 4.22. The summed E-state index contributed by atoms with van der Waals surface area (Å²) in [6.45, 7) is 11.1. The molecule has 0 N–H and O–H groups in total. The molecular weight excluding hydrogens is 248 g/mol. The molecule has 0 aromatic carbocycles. The minimum absolute atomic E-state index is 0.144. The molecule has 0 aromatic rings. The number of nitrogens with zero attached hydrogens (tertiary/aromatic N) is 4. The lowest BCUT2D eigenvalue weighted by atomic mass is 9.96. The minimum atomic E-state index is -0.144. The number of rotatable bonds is 2. The van der Waals surface area contributed by atoms with E-state index >= 15 is 0 Å². The van der Waals surface area contributed by atoms with Crippen molar-refractivity contribution in [2.45, 2.75) is 0 Å². The monoisotopic (exact) mass is 256 g/mol. The van der Waals surface area contributed by atoms with Crippen molar-refractivity contribution >= 4 is 0 Å². The Labute approximate surface area is 117 Å². The van der Waals surface area contributed by atoms with Crippen LogP contribution in [0.5, 0.6) is 0 Å². The largest absolute Gasteiger partial charge is 0.192 e. The highest BCUT2D eigenvalue weighted by Crippen LogP contribution is 2.43. The molecule has 0 radical (unpaired) electrons. The van der Waals surface area contributed by atoms with Crippen molar-refractivity contribution in [3.8, 4) is 24.3 Å². The van der Waals surface area contributed by atoms with Gasteiger partial charge in [0.15, 0.2) is 0 Å². The third-order valence-electron chi connectivity index (χ3n) is 2.79.